The molecule has 100 valence electrons. The Morgan fingerprint density at radius 1 is 1.28 bits per heavy atom. The summed E-state index contributed by atoms with van der Waals surface area (Å²) >= 11 is 0. The summed E-state index contributed by atoms with van der Waals surface area (Å²) in [5, 5.41) is 8.61. The first-order valence-electron chi connectivity index (χ1n) is 5.90. The van der Waals surface area contributed by atoms with Crippen LogP contribution in [0.4, 0.5) is 5.69 Å². The number of rotatable bonds is 7. The molecule has 0 saturated heterocycles. The summed E-state index contributed by atoms with van der Waals surface area (Å²) in [6.45, 7) is 0.510. The van der Waals surface area contributed by atoms with Gasteiger partial charge in [-0.25, -0.2) is 4.79 Å². The predicted molar refractivity (Wildman–Crippen MR) is 68.6 cm³/mol. The van der Waals surface area contributed by atoms with Gasteiger partial charge in [-0.2, -0.15) is 0 Å². The fraction of sp³-hybridized carbons (Fsp3) is 0.462. The van der Waals surface area contributed by atoms with Crippen molar-refractivity contribution < 1.29 is 19.4 Å². The number of carbonyl (C=O) groups excluding carboxylic acids is 1. The van der Waals surface area contributed by atoms with E-state index in [2.05, 4.69) is 0 Å². The standard InChI is InChI=1S/C13H19NO4/c1-17-12-8-10(7-11(14)9-12)13(16)18-6-4-2-3-5-15/h7-9,15H,2-6,14H2,1H3. The lowest BCUT2D eigenvalue weighted by molar-refractivity contribution is 0.0496. The van der Waals surface area contributed by atoms with E-state index in [1.807, 2.05) is 0 Å². The van der Waals surface area contributed by atoms with Gasteiger partial charge in [0.05, 0.1) is 19.3 Å². The number of benzene rings is 1. The Balaban J connectivity index is 2.48. The minimum Gasteiger partial charge on any atom is -0.497 e. The Morgan fingerprint density at radius 3 is 2.72 bits per heavy atom. The molecule has 0 amide bonds. The van der Waals surface area contributed by atoms with Crippen LogP contribution in [-0.2, 0) is 4.74 Å². The van der Waals surface area contributed by atoms with Crippen LogP contribution < -0.4 is 10.5 Å². The van der Waals surface area contributed by atoms with Gasteiger partial charge >= 0.3 is 5.97 Å². The molecule has 0 aliphatic heterocycles. The molecular formula is C13H19NO4. The summed E-state index contributed by atoms with van der Waals surface area (Å²) in [4.78, 5) is 11.7. The molecule has 1 aromatic carbocycles. The van der Waals surface area contributed by atoms with Crippen molar-refractivity contribution in [1.82, 2.24) is 0 Å². The number of ether oxygens (including phenoxy) is 2. The number of esters is 1. The van der Waals surface area contributed by atoms with Gasteiger partial charge in [0.25, 0.3) is 0 Å². The first-order valence-corrected chi connectivity index (χ1v) is 5.90. The zero-order valence-corrected chi connectivity index (χ0v) is 10.5. The Bertz CT molecular complexity index is 393. The summed E-state index contributed by atoms with van der Waals surface area (Å²) < 4.78 is 10.1. The summed E-state index contributed by atoms with van der Waals surface area (Å²) in [6.07, 6.45) is 2.30. The van der Waals surface area contributed by atoms with E-state index >= 15 is 0 Å². The normalized spacial score (nSPS) is 10.1. The average Bonchev–Trinajstić information content (AvgIpc) is 2.37. The number of nitrogens with two attached hydrogens (primary N) is 1. The predicted octanol–water partition coefficient (Wildman–Crippen LogP) is 1.60. The minimum absolute atomic E-state index is 0.167. The summed E-state index contributed by atoms with van der Waals surface area (Å²) in [7, 11) is 1.51. The zero-order chi connectivity index (χ0) is 13.4. The second kappa shape index (κ2) is 7.55. The smallest absolute Gasteiger partial charge is 0.338 e. The molecule has 5 nitrogen and oxygen atoms in total. The molecule has 0 radical (unpaired) electrons. The lowest BCUT2D eigenvalue weighted by Gasteiger charge is -2.07. The Hall–Kier alpha value is -1.75. The van der Waals surface area contributed by atoms with Crippen molar-refractivity contribution in [3.63, 3.8) is 0 Å². The van der Waals surface area contributed by atoms with E-state index in [1.165, 1.54) is 7.11 Å². The SMILES string of the molecule is COc1cc(N)cc(C(=O)OCCCCCO)c1. The Labute approximate surface area is 107 Å². The number of aliphatic hydroxyl groups is 1. The van der Waals surface area contributed by atoms with Crippen LogP contribution in [0.1, 0.15) is 29.6 Å². The second-order valence-corrected chi connectivity index (χ2v) is 3.92. The molecular weight excluding hydrogens is 234 g/mol. The van der Waals surface area contributed by atoms with Gasteiger partial charge in [0.2, 0.25) is 0 Å². The molecule has 0 atom stereocenters. The van der Waals surface area contributed by atoms with Crippen molar-refractivity contribution in [2.24, 2.45) is 0 Å². The van der Waals surface area contributed by atoms with Gasteiger partial charge in [-0.1, -0.05) is 0 Å². The number of aliphatic hydroxyl groups excluding tert-OH is 1. The fourth-order valence-corrected chi connectivity index (χ4v) is 1.50. The van der Waals surface area contributed by atoms with Crippen molar-refractivity contribution in [2.45, 2.75) is 19.3 Å². The molecule has 0 aliphatic carbocycles. The molecule has 0 heterocycles. The van der Waals surface area contributed by atoms with E-state index in [9.17, 15) is 4.79 Å². The van der Waals surface area contributed by atoms with Crippen molar-refractivity contribution in [3.05, 3.63) is 23.8 Å². The number of anilines is 1. The van der Waals surface area contributed by atoms with E-state index in [0.29, 0.717) is 23.6 Å². The Kier molecular flexibility index (Phi) is 6.00. The van der Waals surface area contributed by atoms with Crippen LogP contribution in [0.2, 0.25) is 0 Å². The van der Waals surface area contributed by atoms with Crippen LogP contribution in [0.5, 0.6) is 5.75 Å². The van der Waals surface area contributed by atoms with Crippen LogP contribution in [0.15, 0.2) is 18.2 Å². The molecule has 0 aromatic heterocycles. The van der Waals surface area contributed by atoms with E-state index in [0.717, 1.165) is 19.3 Å². The van der Waals surface area contributed by atoms with Crippen molar-refractivity contribution in [1.29, 1.82) is 0 Å². The third kappa shape index (κ3) is 4.63. The van der Waals surface area contributed by atoms with Crippen molar-refractivity contribution in [2.75, 3.05) is 26.1 Å². The maximum atomic E-state index is 11.7. The summed E-state index contributed by atoms with van der Waals surface area (Å²) in [5.74, 6) is 0.117. The van der Waals surface area contributed by atoms with E-state index < -0.39 is 5.97 Å². The van der Waals surface area contributed by atoms with Gasteiger partial charge in [0, 0.05) is 18.4 Å². The van der Waals surface area contributed by atoms with E-state index in [1.54, 1.807) is 18.2 Å². The highest BCUT2D eigenvalue weighted by molar-refractivity contribution is 5.91. The minimum atomic E-state index is -0.412. The highest BCUT2D eigenvalue weighted by Crippen LogP contribution is 2.19. The zero-order valence-electron chi connectivity index (χ0n) is 10.5. The van der Waals surface area contributed by atoms with Gasteiger partial charge in [-0.05, 0) is 31.4 Å². The molecule has 3 N–H and O–H groups in total. The molecule has 0 fully saturated rings. The maximum absolute atomic E-state index is 11.7. The topological polar surface area (TPSA) is 81.8 Å². The van der Waals surface area contributed by atoms with Gasteiger partial charge in [-0.15, -0.1) is 0 Å². The molecule has 0 bridgehead atoms. The third-order valence-corrected chi connectivity index (χ3v) is 2.44. The highest BCUT2D eigenvalue weighted by Gasteiger charge is 2.09. The van der Waals surface area contributed by atoms with E-state index in [-0.39, 0.29) is 6.61 Å². The largest absolute Gasteiger partial charge is 0.497 e. The first-order chi connectivity index (χ1) is 8.67. The third-order valence-electron chi connectivity index (χ3n) is 2.44. The monoisotopic (exact) mass is 253 g/mol. The van der Waals surface area contributed by atoms with Crippen LogP contribution in [-0.4, -0.2) is 31.4 Å². The van der Waals surface area contributed by atoms with Gasteiger partial charge < -0.3 is 20.3 Å². The number of hydrogen-bond donors (Lipinski definition) is 2. The van der Waals surface area contributed by atoms with Gasteiger partial charge in [0.15, 0.2) is 0 Å². The molecule has 0 spiro atoms. The molecule has 0 unspecified atom stereocenters. The van der Waals surface area contributed by atoms with Crippen LogP contribution in [0.3, 0.4) is 0 Å². The molecule has 5 heteroatoms. The summed E-state index contributed by atoms with van der Waals surface area (Å²) in [6, 6.07) is 4.78. The van der Waals surface area contributed by atoms with E-state index in [4.69, 9.17) is 20.3 Å². The molecule has 1 aromatic rings. The lowest BCUT2D eigenvalue weighted by atomic mass is 10.2. The lowest BCUT2D eigenvalue weighted by Crippen LogP contribution is -2.07. The van der Waals surface area contributed by atoms with Crippen LogP contribution >= 0.6 is 0 Å². The quantitative estimate of drug-likeness (QED) is 0.438. The number of carbonyl (C=O) groups is 1. The Morgan fingerprint density at radius 2 is 2.06 bits per heavy atom. The number of unbranched alkanes of at least 4 members (excludes halogenated alkanes) is 2. The fourth-order valence-electron chi connectivity index (χ4n) is 1.50. The van der Waals surface area contributed by atoms with Crippen molar-refractivity contribution >= 4 is 11.7 Å². The summed E-state index contributed by atoms with van der Waals surface area (Å²) in [5.41, 5.74) is 6.49. The molecule has 0 saturated carbocycles. The van der Waals surface area contributed by atoms with Crippen molar-refractivity contribution in [3.8, 4) is 5.75 Å². The van der Waals surface area contributed by atoms with Crippen LogP contribution in [0, 0.1) is 0 Å². The average molecular weight is 253 g/mol. The maximum Gasteiger partial charge on any atom is 0.338 e. The second-order valence-electron chi connectivity index (χ2n) is 3.92. The van der Waals surface area contributed by atoms with Gasteiger partial charge in [-0.3, -0.25) is 0 Å². The number of nitrogen functional groups attached to an aromatic ring is 1. The molecule has 18 heavy (non-hydrogen) atoms. The first kappa shape index (κ1) is 14.3. The van der Waals surface area contributed by atoms with Crippen LogP contribution in [0.25, 0.3) is 0 Å². The van der Waals surface area contributed by atoms with Gasteiger partial charge in [0.1, 0.15) is 5.75 Å². The number of hydrogen-bond acceptors (Lipinski definition) is 5. The molecule has 1 rings (SSSR count). The molecule has 0 aliphatic rings. The highest BCUT2D eigenvalue weighted by atomic mass is 16.5. The number of methoxy groups -OCH3 is 1.